The van der Waals surface area contributed by atoms with Crippen molar-refractivity contribution in [3.63, 3.8) is 0 Å². The highest BCUT2D eigenvalue weighted by Gasteiger charge is 2.22. The van der Waals surface area contributed by atoms with Gasteiger partial charge >= 0.3 is 0 Å². The number of fused-ring (bicyclic) bond motifs is 2. The van der Waals surface area contributed by atoms with Crippen LogP contribution in [0.1, 0.15) is 19.4 Å². The van der Waals surface area contributed by atoms with E-state index in [9.17, 15) is 9.59 Å². The van der Waals surface area contributed by atoms with Gasteiger partial charge in [0.05, 0.1) is 19.6 Å². The number of rotatable bonds is 2. The Morgan fingerprint density at radius 3 is 2.25 bits per heavy atom. The van der Waals surface area contributed by atoms with Gasteiger partial charge in [0.15, 0.2) is 11.0 Å². The first-order chi connectivity index (χ1) is 11.6. The monoisotopic (exact) mass is 323 g/mol. The van der Waals surface area contributed by atoms with Crippen LogP contribution >= 0.6 is 0 Å². The minimum Gasteiger partial charge on any atom is -0.265 e. The van der Waals surface area contributed by atoms with Crippen LogP contribution in [0.25, 0.3) is 11.0 Å². The average molecular weight is 323 g/mol. The van der Waals surface area contributed by atoms with Crippen molar-refractivity contribution in [2.45, 2.75) is 33.5 Å². The quantitative estimate of drug-likeness (QED) is 0.663. The molecular weight excluding hydrogens is 306 g/mol. The first-order valence-corrected chi connectivity index (χ1v) is 7.82. The van der Waals surface area contributed by atoms with E-state index in [4.69, 9.17) is 0 Å². The fourth-order valence-corrected chi connectivity index (χ4v) is 3.03. The third kappa shape index (κ3) is 2.12. The van der Waals surface area contributed by atoms with Gasteiger partial charge in [0.2, 0.25) is 0 Å². The van der Waals surface area contributed by atoms with Crippen LogP contribution in [0.5, 0.6) is 0 Å². The molecule has 0 spiro atoms. The molecule has 1 aromatic carbocycles. The van der Waals surface area contributed by atoms with E-state index in [1.165, 1.54) is 14.0 Å². The maximum atomic E-state index is 12.9. The highest BCUT2D eigenvalue weighted by molar-refractivity contribution is 5.72. The summed E-state index contributed by atoms with van der Waals surface area (Å²) in [6, 6.07) is 9.68. The Morgan fingerprint density at radius 2 is 1.58 bits per heavy atom. The number of hydrogen-bond acceptors (Lipinski definition) is 4. The Morgan fingerprint density at radius 1 is 0.958 bits per heavy atom. The molecule has 24 heavy (non-hydrogen) atoms. The van der Waals surface area contributed by atoms with E-state index in [0.717, 1.165) is 16.7 Å². The zero-order valence-electron chi connectivity index (χ0n) is 13.6. The number of aromatic nitrogens is 5. The molecule has 0 radical (unpaired) electrons. The van der Waals surface area contributed by atoms with E-state index in [1.807, 2.05) is 44.2 Å². The first-order valence-electron chi connectivity index (χ1n) is 7.82. The van der Waals surface area contributed by atoms with E-state index in [2.05, 4.69) is 10.3 Å². The maximum absolute atomic E-state index is 12.9. The van der Waals surface area contributed by atoms with Gasteiger partial charge < -0.3 is 0 Å². The second-order valence-corrected chi connectivity index (χ2v) is 6.22. The summed E-state index contributed by atoms with van der Waals surface area (Å²) in [5, 5.41) is 8.03. The van der Waals surface area contributed by atoms with Crippen molar-refractivity contribution < 1.29 is 0 Å². The van der Waals surface area contributed by atoms with Crippen LogP contribution < -0.4 is 11.1 Å². The van der Waals surface area contributed by atoms with Gasteiger partial charge in [-0.2, -0.15) is 0 Å². The first kappa shape index (κ1) is 14.6. The van der Waals surface area contributed by atoms with E-state index < -0.39 is 0 Å². The van der Waals surface area contributed by atoms with Crippen LogP contribution in [0.3, 0.4) is 0 Å². The summed E-state index contributed by atoms with van der Waals surface area (Å²) in [4.78, 5) is 25.6. The van der Waals surface area contributed by atoms with Gasteiger partial charge in [0, 0.05) is 0 Å². The highest BCUT2D eigenvalue weighted by atomic mass is 16.2. The molecule has 7 nitrogen and oxygen atoms in total. The van der Waals surface area contributed by atoms with Gasteiger partial charge in [0.1, 0.15) is 0 Å². The molecule has 0 aliphatic carbocycles. The molecule has 4 rings (SSSR count). The van der Waals surface area contributed by atoms with Crippen molar-refractivity contribution in [1.82, 2.24) is 24.4 Å². The van der Waals surface area contributed by atoms with Crippen LogP contribution in [0.4, 0.5) is 0 Å². The molecule has 0 atom stereocenters. The van der Waals surface area contributed by atoms with Crippen LogP contribution in [0.2, 0.25) is 0 Å². The molecule has 2 aromatic heterocycles. The lowest BCUT2D eigenvalue weighted by Crippen LogP contribution is -2.42. The molecule has 122 valence electrons. The molecule has 1 aliphatic heterocycles. The second kappa shape index (κ2) is 5.30. The molecular formula is C17H17N5O2. The summed E-state index contributed by atoms with van der Waals surface area (Å²) >= 11 is 0. The molecule has 0 unspecified atom stereocenters. The van der Waals surface area contributed by atoms with E-state index >= 15 is 0 Å². The summed E-state index contributed by atoms with van der Waals surface area (Å²) in [7, 11) is 0. The van der Waals surface area contributed by atoms with Crippen molar-refractivity contribution in [2.24, 2.45) is 0 Å². The molecule has 3 aromatic rings. The minimum absolute atomic E-state index is 0.138. The SMILES string of the molecule is CC1=C(C)Cn2c(=O)c3c(nnn3Cc3ccccc3)c(=O)n2C1. The average Bonchev–Trinajstić information content (AvgIpc) is 2.99. The normalized spacial score (nSPS) is 14.2. The summed E-state index contributed by atoms with van der Waals surface area (Å²) in [5.41, 5.74) is 3.13. The van der Waals surface area contributed by atoms with Gasteiger partial charge in [-0.25, -0.2) is 14.0 Å². The largest absolute Gasteiger partial charge is 0.295 e. The van der Waals surface area contributed by atoms with Gasteiger partial charge in [-0.3, -0.25) is 9.59 Å². The lowest BCUT2D eigenvalue weighted by Gasteiger charge is -2.22. The number of nitrogens with zero attached hydrogens (tertiary/aromatic N) is 5. The van der Waals surface area contributed by atoms with Crippen molar-refractivity contribution in [3.8, 4) is 0 Å². The fraction of sp³-hybridized carbons (Fsp3) is 0.294. The lowest BCUT2D eigenvalue weighted by atomic mass is 10.1. The summed E-state index contributed by atoms with van der Waals surface area (Å²) in [5.74, 6) is 0. The van der Waals surface area contributed by atoms with Crippen LogP contribution in [0.15, 0.2) is 51.1 Å². The Hall–Kier alpha value is -2.96. The molecule has 7 heteroatoms. The minimum atomic E-state index is -0.268. The van der Waals surface area contributed by atoms with Crippen molar-refractivity contribution >= 4 is 11.0 Å². The van der Waals surface area contributed by atoms with Gasteiger partial charge in [0.25, 0.3) is 11.1 Å². The maximum Gasteiger partial charge on any atom is 0.295 e. The Kier molecular flexibility index (Phi) is 3.23. The zero-order chi connectivity index (χ0) is 16.8. The van der Waals surface area contributed by atoms with Crippen molar-refractivity contribution in [2.75, 3.05) is 0 Å². The molecule has 0 fully saturated rings. The van der Waals surface area contributed by atoms with E-state index in [0.29, 0.717) is 19.6 Å². The van der Waals surface area contributed by atoms with Crippen LogP contribution in [0, 0.1) is 0 Å². The predicted molar refractivity (Wildman–Crippen MR) is 90.0 cm³/mol. The van der Waals surface area contributed by atoms with Crippen molar-refractivity contribution in [1.29, 1.82) is 0 Å². The number of hydrogen-bond donors (Lipinski definition) is 0. The zero-order valence-corrected chi connectivity index (χ0v) is 13.6. The second-order valence-electron chi connectivity index (χ2n) is 6.22. The molecule has 0 bridgehead atoms. The molecule has 0 saturated carbocycles. The third-order valence-electron chi connectivity index (χ3n) is 4.58. The van der Waals surface area contributed by atoms with Crippen molar-refractivity contribution in [3.05, 3.63) is 67.7 Å². The lowest BCUT2D eigenvalue weighted by molar-refractivity contribution is 0.435. The topological polar surface area (TPSA) is 74.7 Å². The predicted octanol–water partition coefficient (Wildman–Crippen LogP) is 1.15. The van der Waals surface area contributed by atoms with E-state index in [1.54, 1.807) is 0 Å². The Balaban J connectivity index is 1.93. The summed E-state index contributed by atoms with van der Waals surface area (Å²) in [6.45, 7) is 5.21. The third-order valence-corrected chi connectivity index (χ3v) is 4.58. The molecule has 1 aliphatic rings. The van der Waals surface area contributed by atoms with Gasteiger partial charge in [-0.1, -0.05) is 46.7 Å². The summed E-state index contributed by atoms with van der Waals surface area (Å²) < 4.78 is 4.48. The number of benzene rings is 1. The van der Waals surface area contributed by atoms with Gasteiger partial charge in [-0.15, -0.1) is 5.10 Å². The highest BCUT2D eigenvalue weighted by Crippen LogP contribution is 2.14. The number of allylic oxidation sites excluding steroid dienone is 2. The molecule has 0 saturated heterocycles. The van der Waals surface area contributed by atoms with Crippen LogP contribution in [-0.2, 0) is 19.6 Å². The molecule has 0 N–H and O–H groups in total. The van der Waals surface area contributed by atoms with E-state index in [-0.39, 0.29) is 22.2 Å². The molecule has 0 amide bonds. The van der Waals surface area contributed by atoms with Crippen LogP contribution in [-0.4, -0.2) is 24.4 Å². The standard InChI is InChI=1S/C17H17N5O2/c1-11-8-21-16(23)14-15(17(24)22(21)9-12(11)2)20(19-18-14)10-13-6-4-3-5-7-13/h3-7H,8-10H2,1-2H3. The van der Waals surface area contributed by atoms with Gasteiger partial charge in [-0.05, 0) is 19.4 Å². The smallest absolute Gasteiger partial charge is 0.265 e. The Labute approximate surface area is 137 Å². The Bertz CT molecular complexity index is 1090. The summed E-state index contributed by atoms with van der Waals surface area (Å²) in [6.07, 6.45) is 0. The molecule has 3 heterocycles. The fourth-order valence-electron chi connectivity index (χ4n) is 3.03.